The molecule has 17 aromatic carbocycles. The summed E-state index contributed by atoms with van der Waals surface area (Å²) in [5, 5.41) is 2.53. The van der Waals surface area contributed by atoms with Gasteiger partial charge in [0.05, 0.1) is 10.8 Å². The van der Waals surface area contributed by atoms with Crippen LogP contribution in [0.1, 0.15) is 69.5 Å². The highest BCUT2D eigenvalue weighted by Gasteiger charge is 2.52. The molecule has 0 bridgehead atoms. The molecule has 0 aliphatic heterocycles. The van der Waals surface area contributed by atoms with Gasteiger partial charge in [0.2, 0.25) is 0 Å². The molecule has 1 spiro atoms. The van der Waals surface area contributed by atoms with Crippen LogP contribution in [-0.2, 0) is 16.2 Å². The molecule has 0 unspecified atom stereocenters. The molecule has 6 aromatic heterocycles. The maximum Gasteiger partial charge on any atom is 0.164 e. The van der Waals surface area contributed by atoms with E-state index in [4.69, 9.17) is 44.9 Å². The van der Waals surface area contributed by atoms with E-state index >= 15 is 0 Å². The molecular formula is C129H86N12. The summed E-state index contributed by atoms with van der Waals surface area (Å²) < 4.78 is 0. The molecule has 27 rings (SSSR count). The molecule has 6 heterocycles. The first-order valence-electron chi connectivity index (χ1n) is 47.6. The molecule has 12 nitrogen and oxygen atoms in total. The van der Waals surface area contributed by atoms with E-state index in [-0.39, 0.29) is 10.8 Å². The second-order valence-corrected chi connectivity index (χ2v) is 36.5. The van der Waals surface area contributed by atoms with Gasteiger partial charge in [-0.1, -0.05) is 426 Å². The second-order valence-electron chi connectivity index (χ2n) is 36.5. The molecule has 662 valence electrons. The SMILES string of the molecule is CC1(C)c2ccc(-c3nc(-c4ccccc4)nc(-c4ccc(-c5cccnc5)cc4)n3)cc2-c2c1ccc1ccccc21.c1ccc(-c2nc(-c3ccc(-c4cccnc4)cc3)nc(-c3ccc4c(c3)-c3ccccc3C4(c3ccccc3)c3ccccc3)n2)cc1.c1ccc(-c2nc(-c3ccc(-c4cccnc4)cc3)nc(-c3ccc4c(c3)-c3ccccc3C43c4ccccc4-c4ccccc43)n2)cc1. The molecule has 0 fully saturated rings. The first kappa shape index (κ1) is 84.2. The van der Waals surface area contributed by atoms with Gasteiger partial charge < -0.3 is 0 Å². The molecule has 0 amide bonds. The Morgan fingerprint density at radius 3 is 0.766 bits per heavy atom. The second kappa shape index (κ2) is 35.3. The van der Waals surface area contributed by atoms with Gasteiger partial charge in [-0.25, -0.2) is 44.9 Å². The lowest BCUT2D eigenvalue weighted by Gasteiger charge is -2.33. The molecular weight excluding hydrogens is 1720 g/mol. The third-order valence-corrected chi connectivity index (χ3v) is 28.2. The van der Waals surface area contributed by atoms with Gasteiger partial charge in [-0.05, 0) is 181 Å². The number of pyridine rings is 3. The Morgan fingerprint density at radius 1 is 0.163 bits per heavy atom. The monoisotopic (exact) mass is 1800 g/mol. The predicted octanol–water partition coefficient (Wildman–Crippen LogP) is 30.0. The van der Waals surface area contributed by atoms with Gasteiger partial charge >= 0.3 is 0 Å². The number of fused-ring (bicyclic) bond motifs is 18. The van der Waals surface area contributed by atoms with E-state index in [1.54, 1.807) is 18.6 Å². The molecule has 0 atom stereocenters. The smallest absolute Gasteiger partial charge is 0.164 e. The lowest BCUT2D eigenvalue weighted by molar-refractivity contribution is 0.661. The van der Waals surface area contributed by atoms with Crippen molar-refractivity contribution >= 4 is 10.8 Å². The van der Waals surface area contributed by atoms with E-state index in [1.807, 2.05) is 128 Å². The summed E-state index contributed by atoms with van der Waals surface area (Å²) in [6.45, 7) is 4.63. The van der Waals surface area contributed by atoms with Crippen LogP contribution in [0, 0.1) is 0 Å². The van der Waals surface area contributed by atoms with Crippen LogP contribution >= 0.6 is 0 Å². The standard InChI is InChI=1S/C45H28N4.C45H30N4.C39H28N4/c1-2-11-30(12-3-1)42-47-43(31-22-20-29(21-23-31)33-13-10-26-46-28-33)49-44(48-42)32-24-25-41-37(27-32)36-16-6-9-19-40(36)45(41)38-17-7-4-14-34(38)35-15-5-8-18-39(35)45;1-4-13-32(14-5-1)42-47-43(33-24-22-31(23-25-33)35-15-12-28-46-30-35)49-44(48-42)34-26-27-41-39(29-34)38-20-10-11-21-40(38)45(41,36-16-6-2-7-17-36)37-18-8-3-9-19-37;1-39(2)33-20-19-29(23-32(33)35-31-13-7-6-9-26(31)18-21-34(35)39)38-42-36(27-10-4-3-5-11-27)41-37(43-38)28-16-14-25(15-17-28)30-12-8-22-40-24-30/h1-28H;1-30H;3-24H,1-2H3. The Kier molecular flexibility index (Phi) is 21.1. The lowest BCUT2D eigenvalue weighted by Crippen LogP contribution is -2.28. The van der Waals surface area contributed by atoms with E-state index in [0.717, 1.165) is 83.5 Å². The number of nitrogens with zero attached hydrogens (tertiary/aromatic N) is 12. The molecule has 12 heteroatoms. The van der Waals surface area contributed by atoms with E-state index < -0.39 is 5.41 Å². The van der Waals surface area contributed by atoms with Crippen molar-refractivity contribution in [3.63, 3.8) is 0 Å². The molecule has 0 saturated heterocycles. The lowest BCUT2D eigenvalue weighted by atomic mass is 9.67. The summed E-state index contributed by atoms with van der Waals surface area (Å²) in [6.07, 6.45) is 11.0. The minimum absolute atomic E-state index is 0.0945. The summed E-state index contributed by atoms with van der Waals surface area (Å²) in [7, 11) is 0. The summed E-state index contributed by atoms with van der Waals surface area (Å²) in [5.74, 6) is 5.80. The zero-order chi connectivity index (χ0) is 94.0. The van der Waals surface area contributed by atoms with Crippen LogP contribution in [0.25, 0.3) is 191 Å². The molecule has 0 saturated carbocycles. The average molecular weight is 1800 g/mol. The van der Waals surface area contributed by atoms with Crippen LogP contribution in [0.4, 0.5) is 0 Å². The van der Waals surface area contributed by atoms with Crippen molar-refractivity contribution in [3.8, 4) is 180 Å². The van der Waals surface area contributed by atoms with Crippen molar-refractivity contribution in [1.29, 1.82) is 0 Å². The maximum atomic E-state index is 5.11. The highest BCUT2D eigenvalue weighted by molar-refractivity contribution is 6.04. The fraction of sp³-hybridized carbons (Fsp3) is 0.0388. The van der Waals surface area contributed by atoms with Crippen molar-refractivity contribution in [3.05, 3.63) is 542 Å². The minimum atomic E-state index is -0.456. The first-order chi connectivity index (χ1) is 69.6. The summed E-state index contributed by atoms with van der Waals surface area (Å²) in [5.41, 5.74) is 37.0. The van der Waals surface area contributed by atoms with Crippen LogP contribution in [0.5, 0.6) is 0 Å². The number of aromatic nitrogens is 12. The topological polar surface area (TPSA) is 155 Å². The minimum Gasteiger partial charge on any atom is -0.264 e. The highest BCUT2D eigenvalue weighted by Crippen LogP contribution is 2.64. The van der Waals surface area contributed by atoms with E-state index in [1.165, 1.54) is 111 Å². The Balaban J connectivity index is 0.000000112. The Hall–Kier alpha value is -18.5. The van der Waals surface area contributed by atoms with Gasteiger partial charge in [0, 0.05) is 92.7 Å². The summed E-state index contributed by atoms with van der Waals surface area (Å²) >= 11 is 0. The normalized spacial score (nSPS) is 12.9. The van der Waals surface area contributed by atoms with E-state index in [0.29, 0.717) is 52.4 Å². The molecule has 4 aliphatic carbocycles. The van der Waals surface area contributed by atoms with Crippen molar-refractivity contribution in [2.24, 2.45) is 0 Å². The van der Waals surface area contributed by atoms with Gasteiger partial charge in [-0.3, -0.25) is 15.0 Å². The molecule has 23 aromatic rings. The van der Waals surface area contributed by atoms with Crippen LogP contribution in [0.3, 0.4) is 0 Å². The van der Waals surface area contributed by atoms with Crippen molar-refractivity contribution in [1.82, 2.24) is 59.8 Å². The average Bonchev–Trinajstić information content (AvgIpc) is 1.50. The quantitative estimate of drug-likeness (QED) is 0.102. The van der Waals surface area contributed by atoms with Crippen molar-refractivity contribution < 1.29 is 0 Å². The fourth-order valence-corrected chi connectivity index (χ4v) is 21.6. The third-order valence-electron chi connectivity index (χ3n) is 28.2. The largest absolute Gasteiger partial charge is 0.264 e. The van der Waals surface area contributed by atoms with Gasteiger partial charge in [-0.2, -0.15) is 0 Å². The number of hydrogen-bond donors (Lipinski definition) is 0. The molecule has 0 radical (unpaired) electrons. The van der Waals surface area contributed by atoms with Crippen LogP contribution < -0.4 is 0 Å². The molecule has 0 N–H and O–H groups in total. The third kappa shape index (κ3) is 14.8. The van der Waals surface area contributed by atoms with Gasteiger partial charge in [0.25, 0.3) is 0 Å². The fourth-order valence-electron chi connectivity index (χ4n) is 21.6. The van der Waals surface area contributed by atoms with Gasteiger partial charge in [0.1, 0.15) is 0 Å². The maximum absolute atomic E-state index is 5.11. The zero-order valence-corrected chi connectivity index (χ0v) is 77.1. The Bertz CT molecular complexity index is 8350. The van der Waals surface area contributed by atoms with E-state index in [9.17, 15) is 0 Å². The van der Waals surface area contributed by atoms with Gasteiger partial charge in [0.15, 0.2) is 52.4 Å². The Labute approximate surface area is 817 Å². The van der Waals surface area contributed by atoms with Crippen LogP contribution in [0.15, 0.2) is 486 Å². The molecule has 141 heavy (non-hydrogen) atoms. The number of benzene rings is 17. The van der Waals surface area contributed by atoms with Gasteiger partial charge in [-0.15, -0.1) is 0 Å². The van der Waals surface area contributed by atoms with E-state index in [2.05, 4.69) is 369 Å². The number of hydrogen-bond acceptors (Lipinski definition) is 12. The first-order valence-corrected chi connectivity index (χ1v) is 47.6. The molecule has 4 aliphatic rings. The summed E-state index contributed by atoms with van der Waals surface area (Å²) in [6, 6.07) is 158. The zero-order valence-electron chi connectivity index (χ0n) is 77.1. The highest BCUT2D eigenvalue weighted by atomic mass is 15.1. The van der Waals surface area contributed by atoms with Crippen molar-refractivity contribution in [2.75, 3.05) is 0 Å². The van der Waals surface area contributed by atoms with Crippen LogP contribution in [0.2, 0.25) is 0 Å². The summed E-state index contributed by atoms with van der Waals surface area (Å²) in [4.78, 5) is 58.1. The van der Waals surface area contributed by atoms with Crippen LogP contribution in [-0.4, -0.2) is 59.8 Å². The predicted molar refractivity (Wildman–Crippen MR) is 567 cm³/mol. The van der Waals surface area contributed by atoms with Crippen molar-refractivity contribution in [2.45, 2.75) is 30.1 Å². The number of rotatable bonds is 14. The Morgan fingerprint density at radius 2 is 0.411 bits per heavy atom.